The number of carbonyl (C=O) groups is 1. The van der Waals surface area contributed by atoms with Gasteiger partial charge in [0.1, 0.15) is 0 Å². The van der Waals surface area contributed by atoms with E-state index in [4.69, 9.17) is 10.2 Å². The number of nitrogens with zero attached hydrogens (tertiary/aromatic N) is 1. The monoisotopic (exact) mass is 243 g/mol. The molecule has 0 fully saturated rings. The zero-order valence-corrected chi connectivity index (χ0v) is 8.98. The minimum atomic E-state index is -1.27. The van der Waals surface area contributed by atoms with Crippen molar-refractivity contribution < 1.29 is 19.9 Å². The molecule has 0 saturated carbocycles. The highest BCUT2D eigenvalue weighted by molar-refractivity contribution is 7.80. The molecule has 0 aliphatic carbocycles. The van der Waals surface area contributed by atoms with Crippen LogP contribution in [0.5, 0.6) is 0 Å². The maximum Gasteiger partial charge on any atom is 0.337 e. The number of aliphatic hydroxyl groups is 1. The molecule has 0 amide bonds. The molecule has 0 aliphatic rings. The van der Waals surface area contributed by atoms with Crippen molar-refractivity contribution >= 4 is 24.3 Å². The van der Waals surface area contributed by atoms with E-state index < -0.39 is 10.9 Å². The van der Waals surface area contributed by atoms with Gasteiger partial charge in [-0.05, 0) is 6.07 Å². The Morgan fingerprint density at radius 2 is 2.12 bits per heavy atom. The first-order valence-electron chi connectivity index (χ1n) is 4.32. The van der Waals surface area contributed by atoms with E-state index in [9.17, 15) is 14.9 Å². The number of aromatic carboxylic acids is 1. The van der Waals surface area contributed by atoms with Gasteiger partial charge < -0.3 is 10.2 Å². The van der Waals surface area contributed by atoms with Crippen LogP contribution in [0.4, 0.5) is 5.69 Å². The molecule has 0 saturated heterocycles. The summed E-state index contributed by atoms with van der Waals surface area (Å²) in [7, 11) is 0. The molecular weight excluding hydrogens is 234 g/mol. The van der Waals surface area contributed by atoms with Crippen LogP contribution in [0.1, 0.15) is 15.9 Å². The molecule has 6 nitrogen and oxygen atoms in total. The highest BCUT2D eigenvalue weighted by Gasteiger charge is 2.23. The van der Waals surface area contributed by atoms with Crippen LogP contribution in [0.2, 0.25) is 0 Å². The summed E-state index contributed by atoms with van der Waals surface area (Å²) in [5.41, 5.74) is -0.323. The predicted molar refractivity (Wildman–Crippen MR) is 58.1 cm³/mol. The molecule has 1 aromatic rings. The summed E-state index contributed by atoms with van der Waals surface area (Å²) in [6, 6.07) is 2.56. The van der Waals surface area contributed by atoms with Gasteiger partial charge in [0, 0.05) is 18.6 Å². The Morgan fingerprint density at radius 1 is 1.50 bits per heavy atom. The second-order valence-corrected chi connectivity index (χ2v) is 3.45. The van der Waals surface area contributed by atoms with Crippen molar-refractivity contribution in [1.82, 2.24) is 0 Å². The second kappa shape index (κ2) is 4.95. The van der Waals surface area contributed by atoms with Crippen LogP contribution in [0.15, 0.2) is 17.0 Å². The van der Waals surface area contributed by atoms with Crippen molar-refractivity contribution in [1.29, 1.82) is 0 Å². The molecule has 0 radical (unpaired) electrons. The summed E-state index contributed by atoms with van der Waals surface area (Å²) in [4.78, 5) is 20.6. The van der Waals surface area contributed by atoms with E-state index in [1.807, 2.05) is 0 Å². The average Bonchev–Trinajstić information content (AvgIpc) is 2.17. The van der Waals surface area contributed by atoms with Crippen LogP contribution in [-0.2, 0) is 6.42 Å². The number of benzene rings is 1. The van der Waals surface area contributed by atoms with Gasteiger partial charge in [0.15, 0.2) is 0 Å². The van der Waals surface area contributed by atoms with E-state index in [1.54, 1.807) is 0 Å². The molecule has 1 aromatic carbocycles. The van der Waals surface area contributed by atoms with Gasteiger partial charge in [-0.25, -0.2) is 4.79 Å². The SMILES string of the molecule is O=C(O)c1ccc(CCO)c([N+](=O)[O-])c1S. The zero-order valence-electron chi connectivity index (χ0n) is 8.08. The zero-order chi connectivity index (χ0) is 12.3. The smallest absolute Gasteiger partial charge is 0.337 e. The molecule has 0 atom stereocenters. The average molecular weight is 243 g/mol. The highest BCUT2D eigenvalue weighted by atomic mass is 32.1. The van der Waals surface area contributed by atoms with Crippen LogP contribution in [0.3, 0.4) is 0 Å². The first-order chi connectivity index (χ1) is 7.49. The third-order valence-corrected chi connectivity index (χ3v) is 2.48. The molecule has 86 valence electrons. The quantitative estimate of drug-likeness (QED) is 0.418. The lowest BCUT2D eigenvalue weighted by atomic mass is 10.1. The van der Waals surface area contributed by atoms with Gasteiger partial charge in [0.05, 0.1) is 15.4 Å². The van der Waals surface area contributed by atoms with Crippen LogP contribution < -0.4 is 0 Å². The molecule has 0 bridgehead atoms. The van der Waals surface area contributed by atoms with Gasteiger partial charge in [0.2, 0.25) is 0 Å². The van der Waals surface area contributed by atoms with Crippen LogP contribution in [0, 0.1) is 10.1 Å². The number of rotatable bonds is 4. The molecule has 2 N–H and O–H groups in total. The predicted octanol–water partition coefficient (Wildman–Crippen LogP) is 1.12. The van der Waals surface area contributed by atoms with Crippen LogP contribution in [-0.4, -0.2) is 27.7 Å². The number of hydrogen-bond acceptors (Lipinski definition) is 5. The summed E-state index contributed by atoms with van der Waals surface area (Å²) in [5.74, 6) is -1.27. The molecule has 1 rings (SSSR count). The van der Waals surface area contributed by atoms with Gasteiger partial charge in [-0.15, -0.1) is 12.6 Å². The maximum atomic E-state index is 10.8. The Bertz CT molecular complexity index is 446. The Morgan fingerprint density at radius 3 is 2.56 bits per heavy atom. The van der Waals surface area contributed by atoms with E-state index in [-0.39, 0.29) is 34.7 Å². The number of carboxylic acid groups (broad SMARTS) is 1. The largest absolute Gasteiger partial charge is 0.478 e. The lowest BCUT2D eigenvalue weighted by molar-refractivity contribution is -0.388. The maximum absolute atomic E-state index is 10.8. The van der Waals surface area contributed by atoms with E-state index in [0.717, 1.165) is 0 Å². The summed E-state index contributed by atoms with van der Waals surface area (Å²) in [5, 5.41) is 28.3. The highest BCUT2D eigenvalue weighted by Crippen LogP contribution is 2.30. The van der Waals surface area contributed by atoms with Crippen LogP contribution in [0.25, 0.3) is 0 Å². The summed E-state index contributed by atoms with van der Waals surface area (Å²) >= 11 is 3.85. The molecule has 7 heteroatoms. The van der Waals surface area contributed by atoms with Gasteiger partial charge in [-0.1, -0.05) is 6.07 Å². The first kappa shape index (κ1) is 12.5. The van der Waals surface area contributed by atoms with Gasteiger partial charge in [0.25, 0.3) is 5.69 Å². The molecule has 0 aromatic heterocycles. The standard InChI is InChI=1S/C9H9NO5S/c11-4-3-5-1-2-6(9(12)13)8(16)7(5)10(14)15/h1-2,11,16H,3-4H2,(H,12,13). The van der Waals surface area contributed by atoms with E-state index >= 15 is 0 Å². The van der Waals surface area contributed by atoms with Crippen LogP contribution >= 0.6 is 12.6 Å². The topological polar surface area (TPSA) is 101 Å². The normalized spacial score (nSPS) is 10.1. The van der Waals surface area contributed by atoms with Gasteiger partial charge >= 0.3 is 5.97 Å². The summed E-state index contributed by atoms with van der Waals surface area (Å²) < 4.78 is 0. The van der Waals surface area contributed by atoms with Gasteiger partial charge in [-0.3, -0.25) is 10.1 Å². The van der Waals surface area contributed by atoms with Crippen molar-refractivity contribution in [2.45, 2.75) is 11.3 Å². The molecule has 0 unspecified atom stereocenters. The third-order valence-electron chi connectivity index (χ3n) is 2.03. The fourth-order valence-electron chi connectivity index (χ4n) is 1.32. The molecule has 0 aliphatic heterocycles. The molecule has 0 spiro atoms. The van der Waals surface area contributed by atoms with Gasteiger partial charge in [-0.2, -0.15) is 0 Å². The lowest BCUT2D eigenvalue weighted by Gasteiger charge is -2.05. The van der Waals surface area contributed by atoms with Crippen molar-refractivity contribution in [3.8, 4) is 0 Å². The Hall–Kier alpha value is -1.60. The summed E-state index contributed by atoms with van der Waals surface area (Å²) in [6.45, 7) is -0.250. The fraction of sp³-hybridized carbons (Fsp3) is 0.222. The Balaban J connectivity index is 3.41. The number of thiol groups is 1. The van der Waals surface area contributed by atoms with Crippen molar-refractivity contribution in [3.63, 3.8) is 0 Å². The van der Waals surface area contributed by atoms with Crippen molar-refractivity contribution in [3.05, 3.63) is 33.4 Å². The van der Waals surface area contributed by atoms with E-state index in [0.29, 0.717) is 0 Å². The number of aliphatic hydroxyl groups excluding tert-OH is 1. The Labute approximate surface area is 96.1 Å². The second-order valence-electron chi connectivity index (χ2n) is 3.01. The number of nitro benzene ring substituents is 1. The number of nitro groups is 1. The van der Waals surface area contributed by atoms with Crippen molar-refractivity contribution in [2.24, 2.45) is 0 Å². The summed E-state index contributed by atoms with van der Waals surface area (Å²) in [6.07, 6.45) is 0.0871. The lowest BCUT2D eigenvalue weighted by Crippen LogP contribution is -2.05. The number of hydrogen-bond donors (Lipinski definition) is 3. The Kier molecular flexibility index (Phi) is 3.86. The fourth-order valence-corrected chi connectivity index (χ4v) is 1.72. The minimum absolute atomic E-state index is 0.0871. The number of carboxylic acids is 1. The van der Waals surface area contributed by atoms with E-state index in [1.165, 1.54) is 12.1 Å². The third kappa shape index (κ3) is 2.31. The minimum Gasteiger partial charge on any atom is -0.478 e. The van der Waals surface area contributed by atoms with Crippen molar-refractivity contribution in [2.75, 3.05) is 6.61 Å². The molecule has 0 heterocycles. The first-order valence-corrected chi connectivity index (χ1v) is 4.77. The molecule has 16 heavy (non-hydrogen) atoms. The van der Waals surface area contributed by atoms with E-state index in [2.05, 4.69) is 12.6 Å². The molecular formula is C9H9NO5S.